The predicted octanol–water partition coefficient (Wildman–Crippen LogP) is 0.495. The van der Waals surface area contributed by atoms with E-state index < -0.39 is 0 Å². The van der Waals surface area contributed by atoms with Gasteiger partial charge in [-0.2, -0.15) is 0 Å². The molecule has 0 spiro atoms. The van der Waals surface area contributed by atoms with Crippen LogP contribution >= 0.6 is 0 Å². The summed E-state index contributed by atoms with van der Waals surface area (Å²) in [6.07, 6.45) is 3.95. The third-order valence-electron chi connectivity index (χ3n) is 1.78. The smallest absolute Gasteiger partial charge is 0.0459 e. The van der Waals surface area contributed by atoms with E-state index in [0.29, 0.717) is 6.04 Å². The fraction of sp³-hybridized carbons (Fsp3) is 0.500. The van der Waals surface area contributed by atoms with Crippen molar-refractivity contribution in [2.45, 2.75) is 6.04 Å². The average molecular weight is 153 g/mol. The monoisotopic (exact) mass is 153 g/mol. The fourth-order valence-corrected chi connectivity index (χ4v) is 1.14. The highest BCUT2D eigenvalue weighted by Gasteiger charge is 2.06. The quantitative estimate of drug-likeness (QED) is 0.589. The maximum absolute atomic E-state index is 3.22. The van der Waals surface area contributed by atoms with Gasteiger partial charge in [0, 0.05) is 25.0 Å². The third-order valence-corrected chi connectivity index (χ3v) is 1.78. The van der Waals surface area contributed by atoms with Gasteiger partial charge in [0.25, 0.3) is 0 Å². The van der Waals surface area contributed by atoms with Crippen LogP contribution in [0.15, 0.2) is 18.5 Å². The van der Waals surface area contributed by atoms with Gasteiger partial charge in [-0.15, -0.1) is 0 Å². The Morgan fingerprint density at radius 1 is 1.55 bits per heavy atom. The van der Waals surface area contributed by atoms with Crippen LogP contribution in [0.1, 0.15) is 11.6 Å². The van der Waals surface area contributed by atoms with Gasteiger partial charge in [0.05, 0.1) is 0 Å². The highest BCUT2D eigenvalue weighted by atomic mass is 14.9. The molecule has 62 valence electrons. The second-order valence-corrected chi connectivity index (χ2v) is 2.54. The van der Waals surface area contributed by atoms with Crippen LogP contribution in [0.4, 0.5) is 0 Å². The summed E-state index contributed by atoms with van der Waals surface area (Å²) in [6, 6.07) is 2.49. The van der Waals surface area contributed by atoms with E-state index in [1.165, 1.54) is 5.56 Å². The lowest BCUT2D eigenvalue weighted by Crippen LogP contribution is -2.26. The second-order valence-electron chi connectivity index (χ2n) is 2.54. The number of aromatic nitrogens is 1. The molecule has 3 N–H and O–H groups in total. The van der Waals surface area contributed by atoms with E-state index in [-0.39, 0.29) is 0 Å². The Morgan fingerprint density at radius 2 is 2.36 bits per heavy atom. The number of hydrogen-bond acceptors (Lipinski definition) is 2. The van der Waals surface area contributed by atoms with Crippen molar-refractivity contribution < 1.29 is 0 Å². The Labute approximate surface area is 67.2 Å². The maximum atomic E-state index is 3.22. The Morgan fingerprint density at radius 3 is 2.82 bits per heavy atom. The molecule has 0 fully saturated rings. The van der Waals surface area contributed by atoms with Gasteiger partial charge in [-0.25, -0.2) is 0 Å². The SMILES string of the molecule is CNCC(NC)c1cc[nH]c1. The standard InChI is InChI=1S/C8H15N3/c1-9-6-8(10-2)7-3-4-11-5-7/h3-5,8-11H,6H2,1-2H3. The number of nitrogens with one attached hydrogen (secondary N) is 3. The van der Waals surface area contributed by atoms with Gasteiger partial charge in [0.15, 0.2) is 0 Å². The van der Waals surface area contributed by atoms with E-state index in [0.717, 1.165) is 6.54 Å². The average Bonchev–Trinajstić information content (AvgIpc) is 2.52. The van der Waals surface area contributed by atoms with E-state index in [9.17, 15) is 0 Å². The van der Waals surface area contributed by atoms with Crippen molar-refractivity contribution in [2.24, 2.45) is 0 Å². The summed E-state index contributed by atoms with van der Waals surface area (Å²) in [5.41, 5.74) is 1.29. The van der Waals surface area contributed by atoms with Gasteiger partial charge in [0.2, 0.25) is 0 Å². The molecule has 0 radical (unpaired) electrons. The van der Waals surface area contributed by atoms with Gasteiger partial charge in [-0.05, 0) is 25.7 Å². The molecular formula is C8H15N3. The van der Waals surface area contributed by atoms with Crippen LogP contribution in [0.2, 0.25) is 0 Å². The van der Waals surface area contributed by atoms with Crippen LogP contribution in [-0.2, 0) is 0 Å². The van der Waals surface area contributed by atoms with Gasteiger partial charge < -0.3 is 15.6 Å². The largest absolute Gasteiger partial charge is 0.367 e. The van der Waals surface area contributed by atoms with Gasteiger partial charge in [-0.3, -0.25) is 0 Å². The fourth-order valence-electron chi connectivity index (χ4n) is 1.14. The first-order chi connectivity index (χ1) is 5.38. The first-order valence-corrected chi connectivity index (χ1v) is 3.83. The van der Waals surface area contributed by atoms with Crippen molar-refractivity contribution in [1.29, 1.82) is 0 Å². The molecule has 0 saturated carbocycles. The first kappa shape index (κ1) is 8.30. The number of rotatable bonds is 4. The summed E-state index contributed by atoms with van der Waals surface area (Å²) < 4.78 is 0. The molecule has 0 aromatic carbocycles. The van der Waals surface area contributed by atoms with Crippen molar-refractivity contribution in [2.75, 3.05) is 20.6 Å². The number of hydrogen-bond donors (Lipinski definition) is 3. The number of likely N-dealkylation sites (N-methyl/N-ethyl adjacent to an activating group) is 2. The molecular weight excluding hydrogens is 138 g/mol. The van der Waals surface area contributed by atoms with Gasteiger partial charge in [0.1, 0.15) is 0 Å². The summed E-state index contributed by atoms with van der Waals surface area (Å²) in [6.45, 7) is 0.953. The molecule has 0 aliphatic carbocycles. The highest BCUT2D eigenvalue weighted by molar-refractivity contribution is 5.14. The third kappa shape index (κ3) is 2.06. The molecule has 1 aromatic heterocycles. The van der Waals surface area contributed by atoms with Crippen molar-refractivity contribution in [3.05, 3.63) is 24.0 Å². The predicted molar refractivity (Wildman–Crippen MR) is 46.5 cm³/mol. The lowest BCUT2D eigenvalue weighted by atomic mass is 10.1. The van der Waals surface area contributed by atoms with E-state index in [4.69, 9.17) is 0 Å². The minimum absolute atomic E-state index is 0.409. The lowest BCUT2D eigenvalue weighted by molar-refractivity contribution is 0.559. The van der Waals surface area contributed by atoms with Crippen molar-refractivity contribution >= 4 is 0 Å². The Hall–Kier alpha value is -0.800. The van der Waals surface area contributed by atoms with Crippen LogP contribution in [0.5, 0.6) is 0 Å². The minimum Gasteiger partial charge on any atom is -0.367 e. The van der Waals surface area contributed by atoms with Crippen molar-refractivity contribution in [3.8, 4) is 0 Å². The lowest BCUT2D eigenvalue weighted by Gasteiger charge is -2.13. The zero-order valence-electron chi connectivity index (χ0n) is 7.02. The van der Waals surface area contributed by atoms with Crippen LogP contribution in [-0.4, -0.2) is 25.6 Å². The summed E-state index contributed by atoms with van der Waals surface area (Å²) in [7, 11) is 3.92. The van der Waals surface area contributed by atoms with Crippen molar-refractivity contribution in [1.82, 2.24) is 15.6 Å². The molecule has 1 rings (SSSR count). The zero-order valence-corrected chi connectivity index (χ0v) is 7.02. The maximum Gasteiger partial charge on any atom is 0.0459 e. The molecule has 0 saturated heterocycles. The van der Waals surface area contributed by atoms with Crippen LogP contribution in [0.25, 0.3) is 0 Å². The van der Waals surface area contributed by atoms with E-state index in [1.54, 1.807) is 0 Å². The molecule has 1 aromatic rings. The summed E-state index contributed by atoms with van der Waals surface area (Å²) in [5.74, 6) is 0. The molecule has 11 heavy (non-hydrogen) atoms. The zero-order chi connectivity index (χ0) is 8.10. The van der Waals surface area contributed by atoms with Crippen LogP contribution in [0, 0.1) is 0 Å². The minimum atomic E-state index is 0.409. The molecule has 0 aliphatic heterocycles. The normalized spacial score (nSPS) is 13.3. The molecule has 1 heterocycles. The van der Waals surface area contributed by atoms with Gasteiger partial charge in [-0.1, -0.05) is 0 Å². The van der Waals surface area contributed by atoms with Gasteiger partial charge >= 0.3 is 0 Å². The number of aromatic amines is 1. The topological polar surface area (TPSA) is 39.8 Å². The molecule has 1 atom stereocenters. The molecule has 0 aliphatic rings. The first-order valence-electron chi connectivity index (χ1n) is 3.83. The Bertz CT molecular complexity index is 181. The summed E-state index contributed by atoms with van der Waals surface area (Å²) in [5, 5.41) is 6.35. The van der Waals surface area contributed by atoms with Crippen LogP contribution < -0.4 is 10.6 Å². The molecule has 3 nitrogen and oxygen atoms in total. The molecule has 1 unspecified atom stereocenters. The Balaban J connectivity index is 2.56. The molecule has 0 bridgehead atoms. The van der Waals surface area contributed by atoms with E-state index in [1.807, 2.05) is 26.5 Å². The summed E-state index contributed by atoms with van der Waals surface area (Å²) >= 11 is 0. The number of H-pyrrole nitrogens is 1. The van der Waals surface area contributed by atoms with E-state index >= 15 is 0 Å². The highest BCUT2D eigenvalue weighted by Crippen LogP contribution is 2.08. The van der Waals surface area contributed by atoms with E-state index in [2.05, 4.69) is 21.7 Å². The Kier molecular flexibility index (Phi) is 3.14. The van der Waals surface area contributed by atoms with Crippen LogP contribution in [0.3, 0.4) is 0 Å². The van der Waals surface area contributed by atoms with Crippen molar-refractivity contribution in [3.63, 3.8) is 0 Å². The second kappa shape index (κ2) is 4.16. The summed E-state index contributed by atoms with van der Waals surface area (Å²) in [4.78, 5) is 3.04. The molecule has 3 heteroatoms. The molecule has 0 amide bonds.